The summed E-state index contributed by atoms with van der Waals surface area (Å²) in [5.41, 5.74) is 1.61. The number of thiophene rings is 1. The highest BCUT2D eigenvalue weighted by Crippen LogP contribution is 2.37. The maximum Gasteiger partial charge on any atom is 0.332 e. The van der Waals surface area contributed by atoms with Gasteiger partial charge in [-0.15, -0.1) is 11.3 Å². The average molecular weight is 322 g/mol. The standard InChI is InChI=1S/C15H18N2O4S/c1-2-20-9-14(19)21-8-13(18)17-15-11(7-16)10-5-3-4-6-12(10)22-15/h2-6,8-9H2,1H3,(H,17,18). The number of hydrogen-bond acceptors (Lipinski definition) is 6. The highest BCUT2D eigenvalue weighted by Gasteiger charge is 2.22. The third-order valence-electron chi connectivity index (χ3n) is 3.32. The molecule has 7 heteroatoms. The first-order chi connectivity index (χ1) is 10.7. The summed E-state index contributed by atoms with van der Waals surface area (Å²) < 4.78 is 9.69. The Morgan fingerprint density at radius 2 is 2.09 bits per heavy atom. The smallest absolute Gasteiger partial charge is 0.332 e. The minimum absolute atomic E-state index is 0.166. The first-order valence-electron chi connectivity index (χ1n) is 7.23. The molecule has 1 aromatic rings. The van der Waals surface area contributed by atoms with E-state index in [-0.39, 0.29) is 13.2 Å². The molecule has 118 valence electrons. The number of nitriles is 1. The van der Waals surface area contributed by atoms with Gasteiger partial charge in [-0.2, -0.15) is 5.26 Å². The Kier molecular flexibility index (Phi) is 5.92. The third kappa shape index (κ3) is 4.06. The summed E-state index contributed by atoms with van der Waals surface area (Å²) in [5.74, 6) is -1.03. The number of nitrogens with zero attached hydrogens (tertiary/aromatic N) is 1. The Morgan fingerprint density at radius 1 is 1.32 bits per heavy atom. The van der Waals surface area contributed by atoms with Gasteiger partial charge in [0, 0.05) is 11.5 Å². The van der Waals surface area contributed by atoms with Crippen LogP contribution in [-0.2, 0) is 31.9 Å². The van der Waals surface area contributed by atoms with E-state index in [9.17, 15) is 14.9 Å². The molecule has 1 aromatic heterocycles. The Hall–Kier alpha value is -1.91. The van der Waals surface area contributed by atoms with Gasteiger partial charge in [-0.1, -0.05) is 0 Å². The molecule has 0 saturated heterocycles. The quantitative estimate of drug-likeness (QED) is 0.809. The minimum Gasteiger partial charge on any atom is -0.454 e. The van der Waals surface area contributed by atoms with Gasteiger partial charge in [-0.05, 0) is 38.2 Å². The van der Waals surface area contributed by atoms with Crippen molar-refractivity contribution in [3.8, 4) is 6.07 Å². The fraction of sp³-hybridized carbons (Fsp3) is 0.533. The van der Waals surface area contributed by atoms with Gasteiger partial charge in [0.15, 0.2) is 6.61 Å². The molecular weight excluding hydrogens is 304 g/mol. The Morgan fingerprint density at radius 3 is 2.82 bits per heavy atom. The largest absolute Gasteiger partial charge is 0.454 e. The molecule has 0 aliphatic heterocycles. The lowest BCUT2D eigenvalue weighted by atomic mass is 9.96. The topological polar surface area (TPSA) is 88.4 Å². The summed E-state index contributed by atoms with van der Waals surface area (Å²) >= 11 is 1.44. The summed E-state index contributed by atoms with van der Waals surface area (Å²) in [6.07, 6.45) is 4.02. The predicted molar refractivity (Wildman–Crippen MR) is 81.8 cm³/mol. The summed E-state index contributed by atoms with van der Waals surface area (Å²) in [5, 5.41) is 12.5. The molecule has 1 heterocycles. The number of carbonyl (C=O) groups excluding carboxylic acids is 2. The Balaban J connectivity index is 1.93. The van der Waals surface area contributed by atoms with E-state index >= 15 is 0 Å². The highest BCUT2D eigenvalue weighted by atomic mass is 32.1. The van der Waals surface area contributed by atoms with E-state index in [4.69, 9.17) is 9.47 Å². The zero-order valence-corrected chi connectivity index (χ0v) is 13.3. The number of esters is 1. The van der Waals surface area contributed by atoms with Crippen molar-refractivity contribution in [2.45, 2.75) is 32.6 Å². The van der Waals surface area contributed by atoms with Crippen LogP contribution in [-0.4, -0.2) is 31.7 Å². The molecule has 0 bridgehead atoms. The van der Waals surface area contributed by atoms with Crippen LogP contribution in [0.15, 0.2) is 0 Å². The number of hydrogen-bond donors (Lipinski definition) is 1. The van der Waals surface area contributed by atoms with Crippen LogP contribution in [0.1, 0.15) is 35.8 Å². The number of anilines is 1. The van der Waals surface area contributed by atoms with Gasteiger partial charge in [0.1, 0.15) is 17.7 Å². The van der Waals surface area contributed by atoms with Crippen molar-refractivity contribution in [2.75, 3.05) is 25.1 Å². The molecule has 0 fully saturated rings. The van der Waals surface area contributed by atoms with Crippen LogP contribution >= 0.6 is 11.3 Å². The normalized spacial score (nSPS) is 13.1. The zero-order chi connectivity index (χ0) is 15.9. The molecule has 0 aromatic carbocycles. The number of ether oxygens (including phenoxy) is 2. The molecule has 0 unspecified atom stereocenters. The molecule has 6 nitrogen and oxygen atoms in total. The predicted octanol–water partition coefficient (Wildman–Crippen LogP) is 2.02. The molecule has 0 radical (unpaired) electrons. The van der Waals surface area contributed by atoms with Gasteiger partial charge in [0.25, 0.3) is 5.91 Å². The summed E-state index contributed by atoms with van der Waals surface area (Å²) in [6.45, 7) is 1.63. The van der Waals surface area contributed by atoms with Gasteiger partial charge < -0.3 is 14.8 Å². The van der Waals surface area contributed by atoms with E-state index in [1.54, 1.807) is 6.92 Å². The van der Waals surface area contributed by atoms with E-state index in [1.165, 1.54) is 16.2 Å². The highest BCUT2D eigenvalue weighted by molar-refractivity contribution is 7.16. The molecule has 1 amide bonds. The van der Waals surface area contributed by atoms with Crippen LogP contribution < -0.4 is 5.32 Å². The number of aryl methyl sites for hydroxylation is 1. The molecule has 1 N–H and O–H groups in total. The maximum atomic E-state index is 11.8. The van der Waals surface area contributed by atoms with Crippen molar-refractivity contribution in [3.05, 3.63) is 16.0 Å². The maximum absolute atomic E-state index is 11.8. The van der Waals surface area contributed by atoms with Crippen molar-refractivity contribution in [1.82, 2.24) is 0 Å². The van der Waals surface area contributed by atoms with Gasteiger partial charge >= 0.3 is 5.97 Å². The number of rotatable bonds is 6. The fourth-order valence-electron chi connectivity index (χ4n) is 2.31. The number of fused-ring (bicyclic) bond motifs is 1. The third-order valence-corrected chi connectivity index (χ3v) is 4.53. The lowest BCUT2D eigenvalue weighted by Crippen LogP contribution is -2.22. The Bertz CT molecular complexity index is 603. The lowest BCUT2D eigenvalue weighted by molar-refractivity contribution is -0.151. The minimum atomic E-state index is -0.581. The van der Waals surface area contributed by atoms with Crippen LogP contribution in [0.4, 0.5) is 5.00 Å². The second-order valence-electron chi connectivity index (χ2n) is 4.87. The molecule has 0 spiro atoms. The van der Waals surface area contributed by atoms with E-state index in [1.807, 2.05) is 0 Å². The van der Waals surface area contributed by atoms with E-state index in [0.717, 1.165) is 31.2 Å². The van der Waals surface area contributed by atoms with Gasteiger partial charge in [0.05, 0.1) is 5.56 Å². The van der Waals surface area contributed by atoms with Crippen LogP contribution in [0.25, 0.3) is 0 Å². The average Bonchev–Trinajstić information content (AvgIpc) is 2.87. The second kappa shape index (κ2) is 7.92. The number of carbonyl (C=O) groups is 2. The van der Waals surface area contributed by atoms with Crippen molar-refractivity contribution in [1.29, 1.82) is 5.26 Å². The van der Waals surface area contributed by atoms with E-state index in [2.05, 4.69) is 11.4 Å². The summed E-state index contributed by atoms with van der Waals surface area (Å²) in [4.78, 5) is 24.3. The Labute approximate surface area is 133 Å². The fourth-order valence-corrected chi connectivity index (χ4v) is 3.56. The van der Waals surface area contributed by atoms with Crippen molar-refractivity contribution in [2.24, 2.45) is 0 Å². The van der Waals surface area contributed by atoms with Crippen LogP contribution in [0.3, 0.4) is 0 Å². The molecule has 1 aliphatic carbocycles. The van der Waals surface area contributed by atoms with Crippen LogP contribution in [0.2, 0.25) is 0 Å². The number of amides is 1. The molecule has 0 saturated carbocycles. The first-order valence-corrected chi connectivity index (χ1v) is 8.05. The van der Waals surface area contributed by atoms with Crippen molar-refractivity contribution < 1.29 is 19.1 Å². The zero-order valence-electron chi connectivity index (χ0n) is 12.4. The molecular formula is C15H18N2O4S. The van der Waals surface area contributed by atoms with Crippen LogP contribution in [0, 0.1) is 11.3 Å². The van der Waals surface area contributed by atoms with Gasteiger partial charge in [-0.3, -0.25) is 4.79 Å². The molecule has 1 aliphatic rings. The van der Waals surface area contributed by atoms with E-state index in [0.29, 0.717) is 17.2 Å². The summed E-state index contributed by atoms with van der Waals surface area (Å²) in [7, 11) is 0. The number of nitrogens with one attached hydrogen (secondary N) is 1. The second-order valence-corrected chi connectivity index (χ2v) is 5.98. The monoisotopic (exact) mass is 322 g/mol. The SMILES string of the molecule is CCOCC(=O)OCC(=O)Nc1sc2c(c1C#N)CCCC2. The molecule has 2 rings (SSSR count). The van der Waals surface area contributed by atoms with Crippen molar-refractivity contribution >= 4 is 28.2 Å². The van der Waals surface area contributed by atoms with Crippen molar-refractivity contribution in [3.63, 3.8) is 0 Å². The first kappa shape index (κ1) is 16.5. The van der Waals surface area contributed by atoms with Crippen LogP contribution in [0.5, 0.6) is 0 Å². The lowest BCUT2D eigenvalue weighted by Gasteiger charge is -2.09. The summed E-state index contributed by atoms with van der Waals surface area (Å²) in [6, 6.07) is 2.17. The van der Waals surface area contributed by atoms with Gasteiger partial charge in [-0.25, -0.2) is 4.79 Å². The molecule has 0 atom stereocenters. The van der Waals surface area contributed by atoms with Gasteiger partial charge in [0.2, 0.25) is 0 Å². The van der Waals surface area contributed by atoms with E-state index < -0.39 is 11.9 Å². The molecule has 22 heavy (non-hydrogen) atoms.